The first-order valence-corrected chi connectivity index (χ1v) is 8.83. The summed E-state index contributed by atoms with van der Waals surface area (Å²) in [5, 5.41) is 8.95. The van der Waals surface area contributed by atoms with Crippen molar-refractivity contribution in [3.8, 4) is 0 Å². The van der Waals surface area contributed by atoms with Crippen LogP contribution >= 0.6 is 0 Å². The van der Waals surface area contributed by atoms with Crippen molar-refractivity contribution in [2.75, 3.05) is 31.1 Å². The lowest BCUT2D eigenvalue weighted by atomic mass is 10.1. The molecular formula is C20H16F3N3O3. The van der Waals surface area contributed by atoms with Gasteiger partial charge in [0.15, 0.2) is 0 Å². The van der Waals surface area contributed by atoms with Crippen LogP contribution in [0.25, 0.3) is 0 Å². The molecular weight excluding hydrogens is 387 g/mol. The SMILES string of the molecule is O=C(O)c1ccc(N2CC3=C(CN(C(=O)c4ccccc4C(F)(F)F)C3)C2)nc1. The molecule has 2 aliphatic rings. The predicted octanol–water partition coefficient (Wildman–Crippen LogP) is 3.07. The van der Waals surface area contributed by atoms with Crippen LogP contribution in [-0.2, 0) is 6.18 Å². The van der Waals surface area contributed by atoms with Crippen LogP contribution in [0.2, 0.25) is 0 Å². The number of alkyl halides is 3. The maximum atomic E-state index is 13.2. The number of carbonyl (C=O) groups is 2. The van der Waals surface area contributed by atoms with Crippen LogP contribution < -0.4 is 4.90 Å². The van der Waals surface area contributed by atoms with E-state index < -0.39 is 23.6 Å². The van der Waals surface area contributed by atoms with Crippen LogP contribution in [-0.4, -0.2) is 53.0 Å². The average Bonchev–Trinajstić information content (AvgIpc) is 3.26. The van der Waals surface area contributed by atoms with Gasteiger partial charge in [-0.3, -0.25) is 4.79 Å². The summed E-state index contributed by atoms with van der Waals surface area (Å²) in [6, 6.07) is 7.90. The summed E-state index contributed by atoms with van der Waals surface area (Å²) < 4.78 is 39.6. The second kappa shape index (κ2) is 6.91. The molecule has 0 unspecified atom stereocenters. The molecule has 1 aromatic carbocycles. The molecule has 4 rings (SSSR count). The van der Waals surface area contributed by atoms with E-state index in [4.69, 9.17) is 5.11 Å². The minimum Gasteiger partial charge on any atom is -0.478 e. The van der Waals surface area contributed by atoms with Crippen molar-refractivity contribution < 1.29 is 27.9 Å². The zero-order chi connectivity index (χ0) is 20.8. The number of hydrogen-bond acceptors (Lipinski definition) is 4. The van der Waals surface area contributed by atoms with E-state index in [1.165, 1.54) is 35.4 Å². The molecule has 0 atom stereocenters. The van der Waals surface area contributed by atoms with E-state index in [0.717, 1.165) is 17.2 Å². The third-order valence-electron chi connectivity index (χ3n) is 5.10. The lowest BCUT2D eigenvalue weighted by Crippen LogP contribution is -2.35. The molecule has 6 nitrogen and oxygen atoms in total. The number of pyridine rings is 1. The monoisotopic (exact) mass is 403 g/mol. The highest BCUT2D eigenvalue weighted by Crippen LogP contribution is 2.34. The number of benzene rings is 1. The largest absolute Gasteiger partial charge is 0.478 e. The summed E-state index contributed by atoms with van der Waals surface area (Å²) in [6.45, 7) is 1.53. The maximum Gasteiger partial charge on any atom is 0.417 e. The first-order valence-electron chi connectivity index (χ1n) is 8.83. The standard InChI is InChI=1S/C20H16F3N3O3/c21-20(22,23)16-4-2-1-3-15(16)18(27)26-10-13-8-25(9-14(13)11-26)17-6-5-12(7-24-17)19(28)29/h1-7H,8-11H2,(H,28,29). The summed E-state index contributed by atoms with van der Waals surface area (Å²) in [4.78, 5) is 31.2. The number of carboxylic acids is 1. The summed E-state index contributed by atoms with van der Waals surface area (Å²) in [6.07, 6.45) is -3.31. The molecule has 0 spiro atoms. The molecule has 1 N–H and O–H groups in total. The van der Waals surface area contributed by atoms with E-state index in [2.05, 4.69) is 4.98 Å². The molecule has 2 aromatic rings. The number of aromatic carboxylic acids is 1. The van der Waals surface area contributed by atoms with E-state index in [9.17, 15) is 22.8 Å². The van der Waals surface area contributed by atoms with Gasteiger partial charge in [0.2, 0.25) is 0 Å². The number of aromatic nitrogens is 1. The number of rotatable bonds is 3. The number of nitrogens with zero attached hydrogens (tertiary/aromatic N) is 3. The molecule has 0 aliphatic carbocycles. The minimum absolute atomic E-state index is 0.0912. The van der Waals surface area contributed by atoms with Crippen molar-refractivity contribution in [3.05, 3.63) is 70.4 Å². The van der Waals surface area contributed by atoms with E-state index in [0.29, 0.717) is 18.9 Å². The van der Waals surface area contributed by atoms with E-state index in [1.807, 2.05) is 4.90 Å². The number of hydrogen-bond donors (Lipinski definition) is 1. The Hall–Kier alpha value is -3.36. The summed E-state index contributed by atoms with van der Waals surface area (Å²) >= 11 is 0. The van der Waals surface area contributed by atoms with Gasteiger partial charge in [-0.1, -0.05) is 12.1 Å². The van der Waals surface area contributed by atoms with Crippen molar-refractivity contribution in [1.82, 2.24) is 9.88 Å². The maximum absolute atomic E-state index is 13.2. The molecule has 0 saturated heterocycles. The zero-order valence-electron chi connectivity index (χ0n) is 15.1. The van der Waals surface area contributed by atoms with E-state index in [-0.39, 0.29) is 24.2 Å². The molecule has 29 heavy (non-hydrogen) atoms. The van der Waals surface area contributed by atoms with Crippen LogP contribution in [0.4, 0.5) is 19.0 Å². The van der Waals surface area contributed by atoms with Crippen molar-refractivity contribution in [2.24, 2.45) is 0 Å². The Morgan fingerprint density at radius 3 is 2.17 bits per heavy atom. The van der Waals surface area contributed by atoms with E-state index >= 15 is 0 Å². The fourth-order valence-electron chi connectivity index (χ4n) is 3.67. The minimum atomic E-state index is -4.59. The number of amides is 1. The van der Waals surface area contributed by atoms with Crippen LogP contribution in [0.15, 0.2) is 53.7 Å². The number of carboxylic acid groups (broad SMARTS) is 1. The second-order valence-corrected chi connectivity index (χ2v) is 6.98. The van der Waals surface area contributed by atoms with Gasteiger partial charge in [0.05, 0.1) is 16.7 Å². The fraction of sp³-hybridized carbons (Fsp3) is 0.250. The Labute approximate surface area is 163 Å². The molecule has 0 fully saturated rings. The van der Waals surface area contributed by atoms with Gasteiger partial charge < -0.3 is 14.9 Å². The quantitative estimate of drug-likeness (QED) is 0.798. The Morgan fingerprint density at radius 1 is 0.966 bits per heavy atom. The van der Waals surface area contributed by atoms with Gasteiger partial charge in [0, 0.05) is 32.4 Å². The van der Waals surface area contributed by atoms with Gasteiger partial charge in [-0.2, -0.15) is 13.2 Å². The van der Waals surface area contributed by atoms with Crippen LogP contribution in [0.5, 0.6) is 0 Å². The van der Waals surface area contributed by atoms with Crippen molar-refractivity contribution in [3.63, 3.8) is 0 Å². The highest BCUT2D eigenvalue weighted by molar-refractivity contribution is 5.96. The molecule has 0 radical (unpaired) electrons. The molecule has 1 amide bonds. The van der Waals surface area contributed by atoms with E-state index in [1.54, 1.807) is 6.07 Å². The van der Waals surface area contributed by atoms with Crippen LogP contribution in [0, 0.1) is 0 Å². The molecule has 3 heterocycles. The van der Waals surface area contributed by atoms with Gasteiger partial charge in [-0.15, -0.1) is 0 Å². The first kappa shape index (κ1) is 19.0. The fourth-order valence-corrected chi connectivity index (χ4v) is 3.67. The van der Waals surface area contributed by atoms with Gasteiger partial charge in [0.1, 0.15) is 5.82 Å². The summed E-state index contributed by atoms with van der Waals surface area (Å²) in [7, 11) is 0. The number of halogens is 3. The summed E-state index contributed by atoms with van der Waals surface area (Å²) in [5.41, 5.74) is 0.776. The van der Waals surface area contributed by atoms with Crippen molar-refractivity contribution in [2.45, 2.75) is 6.18 Å². The Morgan fingerprint density at radius 2 is 1.62 bits per heavy atom. The Balaban J connectivity index is 1.45. The van der Waals surface area contributed by atoms with Gasteiger partial charge >= 0.3 is 12.1 Å². The van der Waals surface area contributed by atoms with Crippen LogP contribution in [0.3, 0.4) is 0 Å². The molecule has 0 bridgehead atoms. The lowest BCUT2D eigenvalue weighted by Gasteiger charge is -2.24. The van der Waals surface area contributed by atoms with Crippen molar-refractivity contribution in [1.29, 1.82) is 0 Å². The second-order valence-electron chi connectivity index (χ2n) is 6.98. The average molecular weight is 403 g/mol. The number of anilines is 1. The van der Waals surface area contributed by atoms with Crippen LogP contribution in [0.1, 0.15) is 26.3 Å². The topological polar surface area (TPSA) is 73.7 Å². The molecule has 0 saturated carbocycles. The smallest absolute Gasteiger partial charge is 0.417 e. The van der Waals surface area contributed by atoms with Gasteiger partial charge in [-0.25, -0.2) is 9.78 Å². The third-order valence-corrected chi connectivity index (χ3v) is 5.10. The molecule has 9 heteroatoms. The summed E-state index contributed by atoms with van der Waals surface area (Å²) in [5.74, 6) is -1.08. The molecule has 1 aromatic heterocycles. The third kappa shape index (κ3) is 3.55. The van der Waals surface area contributed by atoms with Gasteiger partial charge in [0.25, 0.3) is 5.91 Å². The van der Waals surface area contributed by atoms with Gasteiger partial charge in [-0.05, 0) is 35.4 Å². The molecule has 2 aliphatic heterocycles. The van der Waals surface area contributed by atoms with Crippen molar-refractivity contribution >= 4 is 17.7 Å². The lowest BCUT2D eigenvalue weighted by molar-refractivity contribution is -0.138. The Bertz CT molecular complexity index is 998. The number of carbonyl (C=O) groups excluding carboxylic acids is 1. The predicted molar refractivity (Wildman–Crippen MR) is 97.8 cm³/mol. The normalized spacial score (nSPS) is 16.4. The zero-order valence-corrected chi connectivity index (χ0v) is 15.1. The first-order chi connectivity index (χ1) is 13.7. The highest BCUT2D eigenvalue weighted by atomic mass is 19.4. The Kier molecular flexibility index (Phi) is 4.52. The molecule has 150 valence electrons. The highest BCUT2D eigenvalue weighted by Gasteiger charge is 2.38.